The highest BCUT2D eigenvalue weighted by Crippen LogP contribution is 2.36. The van der Waals surface area contributed by atoms with Crippen LogP contribution >= 0.6 is 15.9 Å². The summed E-state index contributed by atoms with van der Waals surface area (Å²) in [5, 5.41) is 13.8. The Balaban J connectivity index is 1.62. The predicted molar refractivity (Wildman–Crippen MR) is 105 cm³/mol. The first kappa shape index (κ1) is 16.9. The van der Waals surface area contributed by atoms with E-state index in [4.69, 9.17) is 9.52 Å². The number of fused-ring (bicyclic) bond motifs is 1. The van der Waals surface area contributed by atoms with Gasteiger partial charge in [0.1, 0.15) is 11.3 Å². The van der Waals surface area contributed by atoms with Crippen molar-refractivity contribution in [2.45, 2.75) is 26.3 Å². The molecule has 1 aromatic heterocycles. The van der Waals surface area contributed by atoms with E-state index in [0.717, 1.165) is 44.4 Å². The summed E-state index contributed by atoms with van der Waals surface area (Å²) in [6, 6.07) is 11.5. The lowest BCUT2D eigenvalue weighted by atomic mass is 10.1. The van der Waals surface area contributed by atoms with E-state index in [-0.39, 0.29) is 11.6 Å². The summed E-state index contributed by atoms with van der Waals surface area (Å²) < 4.78 is 6.90. The van der Waals surface area contributed by atoms with Crippen molar-refractivity contribution < 1.29 is 14.3 Å². The predicted octanol–water partition coefficient (Wildman–Crippen LogP) is 5.59. The maximum atomic E-state index is 11.1. The quantitative estimate of drug-likeness (QED) is 0.589. The second kappa shape index (κ2) is 6.32. The van der Waals surface area contributed by atoms with Crippen LogP contribution in [-0.2, 0) is 0 Å². The highest BCUT2D eigenvalue weighted by molar-refractivity contribution is 9.10. The Hall–Kier alpha value is -2.53. The molecule has 4 nitrogen and oxygen atoms in total. The number of carboxylic acid groups (broad SMARTS) is 1. The summed E-state index contributed by atoms with van der Waals surface area (Å²) in [6.45, 7) is 4.15. The fraction of sp³-hybridized carbons (Fsp3) is 0.190. The van der Waals surface area contributed by atoms with Gasteiger partial charge in [0.15, 0.2) is 0 Å². The molecule has 2 aromatic carbocycles. The zero-order chi connectivity index (χ0) is 18.4. The molecule has 0 bridgehead atoms. The van der Waals surface area contributed by atoms with Crippen LogP contribution in [-0.4, -0.2) is 11.1 Å². The molecule has 1 aliphatic rings. The normalized spacial score (nSPS) is 16.6. The van der Waals surface area contributed by atoms with Gasteiger partial charge >= 0.3 is 5.97 Å². The van der Waals surface area contributed by atoms with Crippen LogP contribution in [0.15, 0.2) is 51.4 Å². The first-order valence-electron chi connectivity index (χ1n) is 8.43. The molecule has 132 valence electrons. The summed E-state index contributed by atoms with van der Waals surface area (Å²) in [6.07, 6.45) is 2.94. The number of hydrogen-bond acceptors (Lipinski definition) is 3. The fourth-order valence-corrected chi connectivity index (χ4v) is 3.96. The molecule has 0 aliphatic carbocycles. The minimum absolute atomic E-state index is 0.0715. The SMILES string of the molecule is Cc1ccc(C)c2oc(C3CC=C(c4ccc(C(=O)O)cc4Br)N3)cc12. The van der Waals surface area contributed by atoms with E-state index in [1.165, 1.54) is 5.56 Å². The van der Waals surface area contributed by atoms with E-state index in [1.807, 2.05) is 6.07 Å². The van der Waals surface area contributed by atoms with Gasteiger partial charge in [-0.3, -0.25) is 0 Å². The number of hydrogen-bond donors (Lipinski definition) is 2. The molecule has 0 amide bonds. The van der Waals surface area contributed by atoms with Crippen molar-refractivity contribution in [3.8, 4) is 0 Å². The standard InChI is InChI=1S/C21H18BrNO3/c1-11-3-4-12(2)20-15(11)10-19(26-20)18-8-7-17(23-18)14-6-5-13(21(24)25)9-16(14)22/h3-7,9-10,18,23H,8H2,1-2H3,(H,24,25). The fourth-order valence-electron chi connectivity index (χ4n) is 3.37. The zero-order valence-corrected chi connectivity index (χ0v) is 16.1. The first-order valence-corrected chi connectivity index (χ1v) is 9.23. The van der Waals surface area contributed by atoms with Crippen molar-refractivity contribution in [3.05, 3.63) is 75.0 Å². The van der Waals surface area contributed by atoms with Gasteiger partial charge in [-0.2, -0.15) is 0 Å². The van der Waals surface area contributed by atoms with Crippen LogP contribution < -0.4 is 5.32 Å². The van der Waals surface area contributed by atoms with Gasteiger partial charge in [-0.15, -0.1) is 0 Å². The molecule has 26 heavy (non-hydrogen) atoms. The number of furan rings is 1. The van der Waals surface area contributed by atoms with Crippen molar-refractivity contribution >= 4 is 38.6 Å². The minimum Gasteiger partial charge on any atom is -0.478 e. The molecular weight excluding hydrogens is 394 g/mol. The number of aromatic carboxylic acids is 1. The third-order valence-electron chi connectivity index (χ3n) is 4.85. The van der Waals surface area contributed by atoms with E-state index in [1.54, 1.807) is 12.1 Å². The maximum Gasteiger partial charge on any atom is 0.335 e. The number of halogens is 1. The van der Waals surface area contributed by atoms with Crippen LogP contribution in [0.1, 0.15) is 45.3 Å². The van der Waals surface area contributed by atoms with Crippen LogP contribution in [0.5, 0.6) is 0 Å². The molecule has 0 saturated heterocycles. The average molecular weight is 412 g/mol. The highest BCUT2D eigenvalue weighted by atomic mass is 79.9. The number of carbonyl (C=O) groups is 1. The topological polar surface area (TPSA) is 62.5 Å². The molecule has 1 unspecified atom stereocenters. The van der Waals surface area contributed by atoms with Gasteiger partial charge < -0.3 is 14.8 Å². The first-order chi connectivity index (χ1) is 12.4. The molecule has 2 heterocycles. The van der Waals surface area contributed by atoms with Crippen LogP contribution in [0.3, 0.4) is 0 Å². The number of rotatable bonds is 3. The van der Waals surface area contributed by atoms with Crippen molar-refractivity contribution in [3.63, 3.8) is 0 Å². The Morgan fingerprint density at radius 2 is 1.96 bits per heavy atom. The van der Waals surface area contributed by atoms with Gasteiger partial charge in [0.05, 0.1) is 11.6 Å². The van der Waals surface area contributed by atoms with E-state index in [2.05, 4.69) is 59.4 Å². The Morgan fingerprint density at radius 3 is 2.65 bits per heavy atom. The van der Waals surface area contributed by atoms with Crippen molar-refractivity contribution in [1.29, 1.82) is 0 Å². The minimum atomic E-state index is -0.934. The molecule has 4 rings (SSSR count). The van der Waals surface area contributed by atoms with Crippen LogP contribution in [0.25, 0.3) is 16.7 Å². The van der Waals surface area contributed by atoms with Crippen LogP contribution in [0.4, 0.5) is 0 Å². The largest absolute Gasteiger partial charge is 0.478 e. The zero-order valence-electron chi connectivity index (χ0n) is 14.5. The maximum absolute atomic E-state index is 11.1. The molecule has 0 saturated carbocycles. The average Bonchev–Trinajstić information content (AvgIpc) is 3.25. The number of carboxylic acids is 1. The van der Waals surface area contributed by atoms with Gasteiger partial charge in [0.25, 0.3) is 0 Å². The lowest BCUT2D eigenvalue weighted by molar-refractivity contribution is 0.0697. The molecule has 0 spiro atoms. The molecule has 3 aromatic rings. The molecule has 0 fully saturated rings. The lowest BCUT2D eigenvalue weighted by Crippen LogP contribution is -2.13. The van der Waals surface area contributed by atoms with Crippen molar-refractivity contribution in [1.82, 2.24) is 5.32 Å². The summed E-state index contributed by atoms with van der Waals surface area (Å²) >= 11 is 3.48. The number of benzene rings is 2. The Bertz CT molecular complexity index is 1030. The Labute approximate surface area is 159 Å². The highest BCUT2D eigenvalue weighted by Gasteiger charge is 2.24. The molecule has 2 N–H and O–H groups in total. The van der Waals surface area contributed by atoms with Gasteiger partial charge in [-0.25, -0.2) is 4.79 Å². The summed E-state index contributed by atoms with van der Waals surface area (Å²) in [5.41, 5.74) is 5.48. The summed E-state index contributed by atoms with van der Waals surface area (Å²) in [4.78, 5) is 11.1. The second-order valence-electron chi connectivity index (χ2n) is 6.64. The third kappa shape index (κ3) is 2.82. The molecule has 0 radical (unpaired) electrons. The van der Waals surface area contributed by atoms with Gasteiger partial charge in [-0.1, -0.05) is 40.2 Å². The van der Waals surface area contributed by atoms with E-state index >= 15 is 0 Å². The van der Waals surface area contributed by atoms with E-state index in [0.29, 0.717) is 0 Å². The Morgan fingerprint density at radius 1 is 1.19 bits per heavy atom. The number of aryl methyl sites for hydroxylation is 2. The second-order valence-corrected chi connectivity index (χ2v) is 7.50. The monoisotopic (exact) mass is 411 g/mol. The third-order valence-corrected chi connectivity index (χ3v) is 5.51. The molecule has 1 aliphatic heterocycles. The molecular formula is C21H18BrNO3. The van der Waals surface area contributed by atoms with Crippen LogP contribution in [0.2, 0.25) is 0 Å². The summed E-state index contributed by atoms with van der Waals surface area (Å²) in [7, 11) is 0. The van der Waals surface area contributed by atoms with E-state index in [9.17, 15) is 4.79 Å². The summed E-state index contributed by atoms with van der Waals surface area (Å²) in [5.74, 6) is -0.0153. The molecule has 5 heteroatoms. The van der Waals surface area contributed by atoms with Crippen molar-refractivity contribution in [2.24, 2.45) is 0 Å². The van der Waals surface area contributed by atoms with Crippen LogP contribution in [0, 0.1) is 13.8 Å². The molecule has 1 atom stereocenters. The van der Waals surface area contributed by atoms with Gasteiger partial charge in [-0.05, 0) is 49.6 Å². The number of nitrogens with one attached hydrogen (secondary N) is 1. The Kier molecular flexibility index (Phi) is 4.11. The van der Waals surface area contributed by atoms with Gasteiger partial charge in [0.2, 0.25) is 0 Å². The smallest absolute Gasteiger partial charge is 0.335 e. The van der Waals surface area contributed by atoms with E-state index < -0.39 is 5.97 Å². The lowest BCUT2D eigenvalue weighted by Gasteiger charge is -2.13. The van der Waals surface area contributed by atoms with Gasteiger partial charge in [0, 0.05) is 21.1 Å². The van der Waals surface area contributed by atoms with Crippen molar-refractivity contribution in [2.75, 3.05) is 0 Å².